The van der Waals surface area contributed by atoms with Crippen molar-refractivity contribution in [3.8, 4) is 5.75 Å². The number of hydrogen-bond donors (Lipinski definition) is 2. The Bertz CT molecular complexity index is 1210. The number of amides is 4. The molecule has 1 aromatic heterocycles. The lowest BCUT2D eigenvalue weighted by Gasteiger charge is -2.29. The summed E-state index contributed by atoms with van der Waals surface area (Å²) in [4.78, 5) is 39.9. The molecule has 0 radical (unpaired) electrons. The van der Waals surface area contributed by atoms with Crippen LogP contribution in [-0.2, 0) is 16.2 Å². The summed E-state index contributed by atoms with van der Waals surface area (Å²) in [5, 5.41) is 5.34. The Kier molecular flexibility index (Phi) is 5.73. The minimum absolute atomic E-state index is 0.171. The molecule has 1 aliphatic rings. The van der Waals surface area contributed by atoms with Crippen molar-refractivity contribution in [2.24, 2.45) is 5.41 Å². The van der Waals surface area contributed by atoms with Crippen molar-refractivity contribution < 1.29 is 19.1 Å². The van der Waals surface area contributed by atoms with E-state index in [9.17, 15) is 14.4 Å². The zero-order valence-electron chi connectivity index (χ0n) is 17.8. The number of rotatable bonds is 6. The van der Waals surface area contributed by atoms with Crippen molar-refractivity contribution >= 4 is 34.8 Å². The molecule has 3 aromatic rings. The molecule has 2 N–H and O–H groups in total. The van der Waals surface area contributed by atoms with Crippen LogP contribution in [0.25, 0.3) is 17.0 Å². The van der Waals surface area contributed by atoms with Gasteiger partial charge in [0.2, 0.25) is 11.8 Å². The highest BCUT2D eigenvalue weighted by Crippen LogP contribution is 2.26. The lowest BCUT2D eigenvalue weighted by atomic mass is 9.83. The van der Waals surface area contributed by atoms with Crippen LogP contribution >= 0.6 is 0 Å². The zero-order valence-corrected chi connectivity index (χ0v) is 17.8. The molecule has 0 aliphatic carbocycles. The quantitative estimate of drug-likeness (QED) is 0.579. The predicted octanol–water partition coefficient (Wildman–Crippen LogP) is 3.90. The molecule has 0 unspecified atom stereocenters. The number of benzene rings is 2. The van der Waals surface area contributed by atoms with E-state index in [4.69, 9.17) is 4.74 Å². The molecule has 4 rings (SSSR count). The van der Waals surface area contributed by atoms with Crippen LogP contribution in [0.4, 0.5) is 4.79 Å². The van der Waals surface area contributed by atoms with E-state index < -0.39 is 23.3 Å². The molecule has 7 heteroatoms. The third-order valence-electron chi connectivity index (χ3n) is 5.50. The van der Waals surface area contributed by atoms with Gasteiger partial charge in [-0.05, 0) is 50.1 Å². The van der Waals surface area contributed by atoms with Gasteiger partial charge in [0, 0.05) is 16.6 Å². The third kappa shape index (κ3) is 4.37. The van der Waals surface area contributed by atoms with Gasteiger partial charge in [-0.2, -0.15) is 0 Å². The van der Waals surface area contributed by atoms with Gasteiger partial charge in [0.1, 0.15) is 17.8 Å². The minimum atomic E-state index is -1.32. The van der Waals surface area contributed by atoms with Gasteiger partial charge >= 0.3 is 6.03 Å². The average Bonchev–Trinajstić information content (AvgIpc) is 2.77. The summed E-state index contributed by atoms with van der Waals surface area (Å²) in [6, 6.07) is 16.8. The van der Waals surface area contributed by atoms with Crippen molar-refractivity contribution in [3.05, 3.63) is 77.5 Å². The summed E-state index contributed by atoms with van der Waals surface area (Å²) in [6.07, 6.45) is 3.74. The Morgan fingerprint density at radius 3 is 2.41 bits per heavy atom. The fourth-order valence-electron chi connectivity index (χ4n) is 3.58. The van der Waals surface area contributed by atoms with E-state index >= 15 is 0 Å². The number of nitrogens with one attached hydrogen (secondary N) is 2. The molecule has 0 spiro atoms. The number of barbiturate groups is 1. The standard InChI is InChI=1S/C25H23N3O4/c1-16-14-18(20-7-3-4-8-21(20)26-16)15-32-19-11-9-17(10-12-19)6-5-13-25(2)22(29)27-24(31)28-23(25)30/h3-12,14H,13,15H2,1-2H3,(H2,27,28,29,30,31). The van der Waals surface area contributed by atoms with Crippen LogP contribution in [0.5, 0.6) is 5.75 Å². The first-order chi connectivity index (χ1) is 15.3. The van der Waals surface area contributed by atoms with Crippen molar-refractivity contribution in [1.82, 2.24) is 15.6 Å². The van der Waals surface area contributed by atoms with E-state index in [-0.39, 0.29) is 6.42 Å². The summed E-state index contributed by atoms with van der Waals surface area (Å²) in [5.74, 6) is -0.464. The second-order valence-electron chi connectivity index (χ2n) is 7.97. The Morgan fingerprint density at radius 2 is 1.69 bits per heavy atom. The van der Waals surface area contributed by atoms with Crippen LogP contribution < -0.4 is 15.4 Å². The number of carbonyl (C=O) groups excluding carboxylic acids is 3. The number of hydrogen-bond acceptors (Lipinski definition) is 5. The predicted molar refractivity (Wildman–Crippen MR) is 121 cm³/mol. The molecule has 1 fully saturated rings. The van der Waals surface area contributed by atoms with Crippen LogP contribution in [0.3, 0.4) is 0 Å². The lowest BCUT2D eigenvalue weighted by Crippen LogP contribution is -2.61. The van der Waals surface area contributed by atoms with E-state index in [1.54, 1.807) is 6.08 Å². The summed E-state index contributed by atoms with van der Waals surface area (Å²) in [6.45, 7) is 3.91. The summed E-state index contributed by atoms with van der Waals surface area (Å²) >= 11 is 0. The third-order valence-corrected chi connectivity index (χ3v) is 5.50. The molecule has 0 saturated carbocycles. The smallest absolute Gasteiger partial charge is 0.328 e. The van der Waals surface area contributed by atoms with E-state index in [0.29, 0.717) is 6.61 Å². The van der Waals surface area contributed by atoms with Crippen LogP contribution in [0.2, 0.25) is 0 Å². The molecule has 1 saturated heterocycles. The number of allylic oxidation sites excluding steroid dienone is 1. The molecule has 7 nitrogen and oxygen atoms in total. The fourth-order valence-corrected chi connectivity index (χ4v) is 3.58. The monoisotopic (exact) mass is 429 g/mol. The van der Waals surface area contributed by atoms with Crippen LogP contribution in [0.15, 0.2) is 60.7 Å². The Hall–Kier alpha value is -4.00. The van der Waals surface area contributed by atoms with Gasteiger partial charge in [-0.25, -0.2) is 4.79 Å². The molecule has 1 aliphatic heterocycles. The molecule has 0 bridgehead atoms. The van der Waals surface area contributed by atoms with Gasteiger partial charge in [0.25, 0.3) is 0 Å². The molecule has 2 heterocycles. The Balaban J connectivity index is 1.39. The zero-order chi connectivity index (χ0) is 22.7. The maximum Gasteiger partial charge on any atom is 0.328 e. The number of imide groups is 2. The number of aryl methyl sites for hydroxylation is 1. The van der Waals surface area contributed by atoms with Gasteiger partial charge in [-0.15, -0.1) is 0 Å². The highest BCUT2D eigenvalue weighted by molar-refractivity contribution is 6.19. The molecule has 162 valence electrons. The molecular weight excluding hydrogens is 406 g/mol. The molecule has 4 amide bonds. The largest absolute Gasteiger partial charge is 0.489 e. The molecular formula is C25H23N3O4. The number of fused-ring (bicyclic) bond motifs is 1. The second kappa shape index (κ2) is 8.63. The van der Waals surface area contributed by atoms with Crippen LogP contribution in [0.1, 0.15) is 30.2 Å². The van der Waals surface area contributed by atoms with Gasteiger partial charge in [0.15, 0.2) is 0 Å². The van der Waals surface area contributed by atoms with Crippen LogP contribution in [0, 0.1) is 12.3 Å². The highest BCUT2D eigenvalue weighted by Gasteiger charge is 2.45. The Labute approximate surface area is 185 Å². The average molecular weight is 429 g/mol. The fraction of sp³-hybridized carbons (Fsp3) is 0.200. The topological polar surface area (TPSA) is 97.4 Å². The number of nitrogens with zero attached hydrogens (tertiary/aromatic N) is 1. The lowest BCUT2D eigenvalue weighted by molar-refractivity contribution is -0.142. The van der Waals surface area contributed by atoms with E-state index in [2.05, 4.69) is 15.6 Å². The number of para-hydroxylation sites is 1. The molecule has 2 aromatic carbocycles. The minimum Gasteiger partial charge on any atom is -0.489 e. The number of aromatic nitrogens is 1. The number of carbonyl (C=O) groups is 3. The summed E-state index contributed by atoms with van der Waals surface area (Å²) < 4.78 is 5.97. The highest BCUT2D eigenvalue weighted by atomic mass is 16.5. The number of pyridine rings is 1. The van der Waals surface area contributed by atoms with Crippen molar-refractivity contribution in [1.29, 1.82) is 0 Å². The van der Waals surface area contributed by atoms with Gasteiger partial charge in [-0.3, -0.25) is 25.2 Å². The summed E-state index contributed by atoms with van der Waals surface area (Å²) in [5.41, 5.74) is 2.55. The second-order valence-corrected chi connectivity index (χ2v) is 7.97. The van der Waals surface area contributed by atoms with Crippen molar-refractivity contribution in [2.75, 3.05) is 0 Å². The SMILES string of the molecule is Cc1cc(COc2ccc(C=CCC3(C)C(=O)NC(=O)NC3=O)cc2)c2ccccc2n1. The van der Waals surface area contributed by atoms with Gasteiger partial charge < -0.3 is 4.74 Å². The van der Waals surface area contributed by atoms with E-state index in [1.165, 1.54) is 6.92 Å². The normalized spacial score (nSPS) is 15.6. The first kappa shape index (κ1) is 21.2. The maximum absolute atomic E-state index is 12.1. The van der Waals surface area contributed by atoms with E-state index in [0.717, 1.165) is 33.5 Å². The molecule has 32 heavy (non-hydrogen) atoms. The van der Waals surface area contributed by atoms with Gasteiger partial charge in [-0.1, -0.05) is 42.5 Å². The first-order valence-corrected chi connectivity index (χ1v) is 10.3. The number of urea groups is 1. The Morgan fingerprint density at radius 1 is 1.00 bits per heavy atom. The van der Waals surface area contributed by atoms with Crippen LogP contribution in [-0.4, -0.2) is 22.8 Å². The van der Waals surface area contributed by atoms with Crippen molar-refractivity contribution in [2.45, 2.75) is 26.9 Å². The number of ether oxygens (including phenoxy) is 1. The maximum atomic E-state index is 12.1. The van der Waals surface area contributed by atoms with E-state index in [1.807, 2.05) is 67.6 Å². The summed E-state index contributed by atoms with van der Waals surface area (Å²) in [7, 11) is 0. The first-order valence-electron chi connectivity index (χ1n) is 10.3. The van der Waals surface area contributed by atoms with Crippen molar-refractivity contribution in [3.63, 3.8) is 0 Å². The van der Waals surface area contributed by atoms with Gasteiger partial charge in [0.05, 0.1) is 5.52 Å². The molecule has 0 atom stereocenters.